The minimum Gasteiger partial charge on any atom is -0.408 e. The molecule has 0 aliphatic rings. The molecule has 1 unspecified atom stereocenters. The lowest BCUT2D eigenvalue weighted by Crippen LogP contribution is -2.11. The molecule has 0 saturated heterocycles. The maximum atomic E-state index is 11.5. The van der Waals surface area contributed by atoms with Crippen LogP contribution >= 0.6 is 0 Å². The van der Waals surface area contributed by atoms with Crippen LogP contribution in [0.1, 0.15) is 17.2 Å². The van der Waals surface area contributed by atoms with E-state index in [1.165, 1.54) is 4.57 Å². The SMILES string of the molecule is Cn1c(=O)oc2cc(C(N)c3ccc(N)cc3)ccc21. The van der Waals surface area contributed by atoms with Gasteiger partial charge in [0.05, 0.1) is 11.6 Å². The van der Waals surface area contributed by atoms with E-state index in [-0.39, 0.29) is 11.8 Å². The highest BCUT2D eigenvalue weighted by atomic mass is 16.4. The van der Waals surface area contributed by atoms with Crippen LogP contribution in [0, 0.1) is 0 Å². The molecule has 1 aromatic heterocycles. The third-order valence-electron chi connectivity index (χ3n) is 3.47. The van der Waals surface area contributed by atoms with Crippen molar-refractivity contribution in [1.82, 2.24) is 4.57 Å². The molecule has 0 saturated carbocycles. The van der Waals surface area contributed by atoms with E-state index in [1.807, 2.05) is 36.4 Å². The Morgan fingerprint density at radius 1 is 1.10 bits per heavy atom. The van der Waals surface area contributed by atoms with Crippen molar-refractivity contribution < 1.29 is 4.42 Å². The summed E-state index contributed by atoms with van der Waals surface area (Å²) in [5.74, 6) is -0.377. The Hall–Kier alpha value is -2.53. The monoisotopic (exact) mass is 269 g/mol. The summed E-state index contributed by atoms with van der Waals surface area (Å²) in [6, 6.07) is 12.7. The van der Waals surface area contributed by atoms with Gasteiger partial charge >= 0.3 is 5.76 Å². The Labute approximate surface area is 115 Å². The van der Waals surface area contributed by atoms with Crippen LogP contribution in [0.3, 0.4) is 0 Å². The fourth-order valence-electron chi connectivity index (χ4n) is 2.24. The molecule has 3 rings (SSSR count). The first-order valence-corrected chi connectivity index (χ1v) is 6.27. The van der Waals surface area contributed by atoms with Crippen LogP contribution in [0.5, 0.6) is 0 Å². The van der Waals surface area contributed by atoms with Crippen molar-refractivity contribution in [3.8, 4) is 0 Å². The first kappa shape index (κ1) is 12.5. The summed E-state index contributed by atoms with van der Waals surface area (Å²) in [5, 5.41) is 0. The summed E-state index contributed by atoms with van der Waals surface area (Å²) in [4.78, 5) is 11.5. The van der Waals surface area contributed by atoms with Crippen LogP contribution in [0.4, 0.5) is 5.69 Å². The average molecular weight is 269 g/mol. The maximum Gasteiger partial charge on any atom is 0.419 e. The smallest absolute Gasteiger partial charge is 0.408 e. The molecule has 0 fully saturated rings. The highest BCUT2D eigenvalue weighted by Gasteiger charge is 2.12. The van der Waals surface area contributed by atoms with Crippen molar-refractivity contribution in [2.24, 2.45) is 12.8 Å². The van der Waals surface area contributed by atoms with Gasteiger partial charge in [-0.2, -0.15) is 0 Å². The number of hydrogen-bond donors (Lipinski definition) is 2. The number of benzene rings is 2. The van der Waals surface area contributed by atoms with Gasteiger partial charge in [0, 0.05) is 12.7 Å². The number of rotatable bonds is 2. The Bertz CT molecular complexity index is 815. The van der Waals surface area contributed by atoms with Crippen molar-refractivity contribution in [2.45, 2.75) is 6.04 Å². The van der Waals surface area contributed by atoms with Crippen molar-refractivity contribution in [2.75, 3.05) is 5.73 Å². The molecular formula is C15H15N3O2. The van der Waals surface area contributed by atoms with Gasteiger partial charge in [-0.1, -0.05) is 18.2 Å². The maximum absolute atomic E-state index is 11.5. The van der Waals surface area contributed by atoms with Gasteiger partial charge in [0.2, 0.25) is 0 Å². The number of hydrogen-bond acceptors (Lipinski definition) is 4. The molecule has 3 aromatic rings. The first-order chi connectivity index (χ1) is 9.56. The van der Waals surface area contributed by atoms with Gasteiger partial charge in [0.1, 0.15) is 0 Å². The van der Waals surface area contributed by atoms with Crippen molar-refractivity contribution in [3.63, 3.8) is 0 Å². The first-order valence-electron chi connectivity index (χ1n) is 6.27. The lowest BCUT2D eigenvalue weighted by Gasteiger charge is -2.12. The Balaban J connectivity index is 2.05. The van der Waals surface area contributed by atoms with Gasteiger partial charge in [0.25, 0.3) is 0 Å². The quantitative estimate of drug-likeness (QED) is 0.694. The summed E-state index contributed by atoms with van der Waals surface area (Å²) >= 11 is 0. The number of fused-ring (bicyclic) bond motifs is 1. The van der Waals surface area contributed by atoms with Gasteiger partial charge in [-0.3, -0.25) is 4.57 Å². The molecule has 4 N–H and O–H groups in total. The Morgan fingerprint density at radius 2 is 1.75 bits per heavy atom. The number of nitrogens with two attached hydrogens (primary N) is 2. The Morgan fingerprint density at radius 3 is 2.45 bits per heavy atom. The molecule has 0 aliphatic heterocycles. The second-order valence-corrected chi connectivity index (χ2v) is 4.80. The predicted octanol–water partition coefficient (Wildman–Crippen LogP) is 1.76. The van der Waals surface area contributed by atoms with Crippen LogP contribution in [0.25, 0.3) is 11.1 Å². The summed E-state index contributed by atoms with van der Waals surface area (Å²) in [6.45, 7) is 0. The van der Waals surface area contributed by atoms with Crippen LogP contribution in [0.2, 0.25) is 0 Å². The van der Waals surface area contributed by atoms with Gasteiger partial charge in [-0.05, 0) is 35.4 Å². The fraction of sp³-hybridized carbons (Fsp3) is 0.133. The van der Waals surface area contributed by atoms with E-state index in [9.17, 15) is 4.79 Å². The van der Waals surface area contributed by atoms with E-state index in [0.29, 0.717) is 11.3 Å². The van der Waals surface area contributed by atoms with Crippen molar-refractivity contribution >= 4 is 16.8 Å². The van der Waals surface area contributed by atoms with Gasteiger partial charge < -0.3 is 15.9 Å². The van der Waals surface area contributed by atoms with E-state index in [2.05, 4.69) is 0 Å². The lowest BCUT2D eigenvalue weighted by atomic mass is 9.99. The molecule has 2 aromatic carbocycles. The largest absolute Gasteiger partial charge is 0.419 e. The van der Waals surface area contributed by atoms with E-state index in [1.54, 1.807) is 13.1 Å². The molecule has 1 heterocycles. The van der Waals surface area contributed by atoms with E-state index < -0.39 is 0 Å². The van der Waals surface area contributed by atoms with Crippen LogP contribution in [-0.2, 0) is 7.05 Å². The van der Waals surface area contributed by atoms with E-state index in [4.69, 9.17) is 15.9 Å². The second kappa shape index (κ2) is 4.54. The summed E-state index contributed by atoms with van der Waals surface area (Å²) in [5.41, 5.74) is 15.7. The zero-order valence-corrected chi connectivity index (χ0v) is 11.0. The zero-order valence-electron chi connectivity index (χ0n) is 11.0. The molecule has 20 heavy (non-hydrogen) atoms. The van der Waals surface area contributed by atoms with Crippen LogP contribution in [0.15, 0.2) is 51.7 Å². The van der Waals surface area contributed by atoms with Gasteiger partial charge in [-0.15, -0.1) is 0 Å². The second-order valence-electron chi connectivity index (χ2n) is 4.80. The standard InChI is InChI=1S/C15H15N3O2/c1-18-12-7-4-10(8-13(12)20-15(18)19)14(17)9-2-5-11(16)6-3-9/h2-8,14H,16-17H2,1H3. The van der Waals surface area contributed by atoms with Crippen molar-refractivity contribution in [1.29, 1.82) is 0 Å². The third-order valence-corrected chi connectivity index (χ3v) is 3.47. The summed E-state index contributed by atoms with van der Waals surface area (Å²) in [7, 11) is 1.67. The Kier molecular flexibility index (Phi) is 2.84. The topological polar surface area (TPSA) is 87.2 Å². The third kappa shape index (κ3) is 1.98. The molecule has 5 heteroatoms. The lowest BCUT2D eigenvalue weighted by molar-refractivity contribution is 0.527. The van der Waals surface area contributed by atoms with E-state index in [0.717, 1.165) is 16.6 Å². The number of nitrogen functional groups attached to an aromatic ring is 1. The zero-order chi connectivity index (χ0) is 14.3. The minimum absolute atomic E-state index is 0.287. The molecule has 102 valence electrons. The molecule has 5 nitrogen and oxygen atoms in total. The number of nitrogens with zero attached hydrogens (tertiary/aromatic N) is 1. The molecule has 1 atom stereocenters. The highest BCUT2D eigenvalue weighted by molar-refractivity contribution is 5.74. The van der Waals surface area contributed by atoms with E-state index >= 15 is 0 Å². The molecule has 0 aliphatic carbocycles. The molecular weight excluding hydrogens is 254 g/mol. The average Bonchev–Trinajstić information content (AvgIpc) is 2.74. The predicted molar refractivity (Wildman–Crippen MR) is 78.3 cm³/mol. The number of aromatic nitrogens is 1. The fourth-order valence-corrected chi connectivity index (χ4v) is 2.24. The number of aryl methyl sites for hydroxylation is 1. The number of anilines is 1. The van der Waals surface area contributed by atoms with Gasteiger partial charge in [-0.25, -0.2) is 4.79 Å². The van der Waals surface area contributed by atoms with Crippen LogP contribution in [-0.4, -0.2) is 4.57 Å². The molecule has 0 amide bonds. The van der Waals surface area contributed by atoms with Gasteiger partial charge in [0.15, 0.2) is 5.58 Å². The molecule has 0 spiro atoms. The van der Waals surface area contributed by atoms with Crippen molar-refractivity contribution in [3.05, 3.63) is 64.1 Å². The molecule has 0 radical (unpaired) electrons. The summed E-state index contributed by atoms with van der Waals surface area (Å²) in [6.07, 6.45) is 0. The minimum atomic E-state index is -0.377. The highest BCUT2D eigenvalue weighted by Crippen LogP contribution is 2.23. The number of oxazole rings is 1. The molecule has 0 bridgehead atoms. The summed E-state index contributed by atoms with van der Waals surface area (Å²) < 4.78 is 6.64. The normalized spacial score (nSPS) is 12.7. The van der Waals surface area contributed by atoms with Crippen LogP contribution < -0.4 is 17.2 Å².